The quantitative estimate of drug-likeness (QED) is 0.244. The number of amides is 1. The predicted octanol–water partition coefficient (Wildman–Crippen LogP) is 5.96. The van der Waals surface area contributed by atoms with Crippen LogP contribution in [0, 0.1) is 5.92 Å². The molecule has 0 bridgehead atoms. The third kappa shape index (κ3) is 4.16. The molecule has 0 radical (unpaired) electrons. The second-order valence-electron chi connectivity index (χ2n) is 9.92. The summed E-state index contributed by atoms with van der Waals surface area (Å²) in [6.45, 7) is 0. The molecule has 0 saturated heterocycles. The van der Waals surface area contributed by atoms with E-state index in [0.29, 0.717) is 5.16 Å². The molecule has 0 unspecified atom stereocenters. The summed E-state index contributed by atoms with van der Waals surface area (Å²) < 4.78 is 11.3. The van der Waals surface area contributed by atoms with Crippen molar-refractivity contribution in [2.45, 2.75) is 56.1 Å². The predicted molar refractivity (Wildman–Crippen MR) is 147 cm³/mol. The number of rotatable bonds is 5. The molecule has 1 aliphatic heterocycles. The van der Waals surface area contributed by atoms with Gasteiger partial charge in [0.05, 0.1) is 29.4 Å². The minimum atomic E-state index is -0.299. The van der Waals surface area contributed by atoms with E-state index in [2.05, 4.69) is 4.98 Å². The molecule has 1 saturated carbocycles. The number of carbonyl (C=O) groups excluding carboxylic acids is 1. The summed E-state index contributed by atoms with van der Waals surface area (Å²) >= 11 is 2.86. The number of aromatic nitrogens is 2. The van der Waals surface area contributed by atoms with Gasteiger partial charge in [0, 0.05) is 10.8 Å². The number of hydrogen-bond acceptors (Lipinski definition) is 8. The highest BCUT2D eigenvalue weighted by atomic mass is 32.2. The van der Waals surface area contributed by atoms with Gasteiger partial charge in [0.15, 0.2) is 5.16 Å². The Balaban J connectivity index is 1.16. The minimum Gasteiger partial charge on any atom is -0.467 e. The Morgan fingerprint density at radius 1 is 1.16 bits per heavy atom. The molecule has 3 aliphatic rings. The molecule has 4 aromatic heterocycles. The van der Waals surface area contributed by atoms with Crippen molar-refractivity contribution in [1.29, 1.82) is 0 Å². The van der Waals surface area contributed by atoms with Crippen LogP contribution in [0.3, 0.4) is 0 Å². The fourth-order valence-electron chi connectivity index (χ4n) is 5.90. The van der Waals surface area contributed by atoms with Crippen molar-refractivity contribution < 1.29 is 13.6 Å². The number of allylic oxidation sites excluding steroid dienone is 1. The normalized spacial score (nSPS) is 22.1. The van der Waals surface area contributed by atoms with Crippen LogP contribution in [0.1, 0.15) is 60.1 Å². The van der Waals surface area contributed by atoms with Gasteiger partial charge in [0.1, 0.15) is 22.4 Å². The molecular formula is C28H26N4O4S2. The van der Waals surface area contributed by atoms with Crippen molar-refractivity contribution in [3.63, 3.8) is 0 Å². The summed E-state index contributed by atoms with van der Waals surface area (Å²) in [5.74, 6) is 1.51. The lowest BCUT2D eigenvalue weighted by Gasteiger charge is -2.27. The Morgan fingerprint density at radius 2 is 2.03 bits per heavy atom. The van der Waals surface area contributed by atoms with Crippen molar-refractivity contribution in [3.8, 4) is 0 Å². The lowest BCUT2D eigenvalue weighted by molar-refractivity contribution is -0.131. The number of carbonyl (C=O) groups is 1. The monoisotopic (exact) mass is 546 g/mol. The van der Waals surface area contributed by atoms with Crippen LogP contribution in [-0.4, -0.2) is 32.3 Å². The van der Waals surface area contributed by atoms with E-state index >= 15 is 0 Å². The molecule has 8 nitrogen and oxygen atoms in total. The molecule has 0 spiro atoms. The van der Waals surface area contributed by atoms with E-state index in [-0.39, 0.29) is 29.2 Å². The maximum atomic E-state index is 13.6. The largest absolute Gasteiger partial charge is 0.467 e. The molecule has 194 valence electrons. The van der Waals surface area contributed by atoms with Crippen LogP contribution in [0.2, 0.25) is 0 Å². The van der Waals surface area contributed by atoms with Crippen molar-refractivity contribution in [2.24, 2.45) is 11.0 Å². The third-order valence-electron chi connectivity index (χ3n) is 7.59. The van der Waals surface area contributed by atoms with Gasteiger partial charge in [-0.05, 0) is 86.4 Å². The van der Waals surface area contributed by atoms with E-state index in [1.54, 1.807) is 28.9 Å². The minimum absolute atomic E-state index is 0.0526. The fourth-order valence-corrected chi connectivity index (χ4v) is 7.93. The number of aryl methyl sites for hydroxylation is 2. The maximum absolute atomic E-state index is 13.6. The number of nitrogens with zero attached hydrogens (tertiary/aromatic N) is 3. The topological polar surface area (TPSA) is 105 Å². The summed E-state index contributed by atoms with van der Waals surface area (Å²) in [7, 11) is 0. The zero-order valence-electron chi connectivity index (χ0n) is 20.6. The number of thioether (sulfide) groups is 1. The van der Waals surface area contributed by atoms with Crippen LogP contribution in [-0.2, 0) is 17.6 Å². The first-order valence-electron chi connectivity index (χ1n) is 13.0. The number of furan rings is 2. The number of fused-ring (bicyclic) bond motifs is 4. The van der Waals surface area contributed by atoms with Gasteiger partial charge >= 0.3 is 0 Å². The lowest BCUT2D eigenvalue weighted by atomic mass is 9.79. The highest BCUT2D eigenvalue weighted by Crippen LogP contribution is 2.45. The Bertz CT molecular complexity index is 1610. The molecule has 4 aromatic rings. The van der Waals surface area contributed by atoms with Crippen LogP contribution in [0.25, 0.3) is 16.3 Å². The second-order valence-corrected chi connectivity index (χ2v) is 12.0. The number of H-pyrrole nitrogens is 1. The van der Waals surface area contributed by atoms with E-state index in [0.717, 1.165) is 83.5 Å². The molecule has 1 N–H and O–H groups in total. The summed E-state index contributed by atoms with van der Waals surface area (Å²) in [5, 5.41) is 7.63. The van der Waals surface area contributed by atoms with Crippen LogP contribution in [0.4, 0.5) is 0 Å². The Hall–Kier alpha value is -3.37. The standard InChI is InChI=1S/C28H26N4O4S2/c33-22(15-37-28-29-26(34)23-18-8-1-2-11-21(18)38-27(23)30-28)32-25(20-10-5-13-36-20)19-9-3-6-16(24(19)31-32)14-17-7-4-12-35-17/h4-5,7,10,12-14,19,25H,1-3,6,8-9,11,15H2,(H,29,30,34)/b16-14-/t19-,25+/m0/s1. The van der Waals surface area contributed by atoms with Gasteiger partial charge in [-0.25, -0.2) is 9.99 Å². The summed E-state index contributed by atoms with van der Waals surface area (Å²) in [4.78, 5) is 36.2. The van der Waals surface area contributed by atoms with Crippen LogP contribution in [0.5, 0.6) is 0 Å². The van der Waals surface area contributed by atoms with Crippen molar-refractivity contribution in [2.75, 3.05) is 5.75 Å². The number of hydrogen-bond donors (Lipinski definition) is 1. The van der Waals surface area contributed by atoms with E-state index in [9.17, 15) is 9.59 Å². The summed E-state index contributed by atoms with van der Waals surface area (Å²) in [6.07, 6.45) is 12.3. The Kier molecular flexibility index (Phi) is 6.08. The molecule has 5 heterocycles. The zero-order valence-corrected chi connectivity index (χ0v) is 22.3. The summed E-state index contributed by atoms with van der Waals surface area (Å²) in [6, 6.07) is 7.24. The molecule has 2 atom stereocenters. The zero-order chi connectivity index (χ0) is 25.6. The van der Waals surface area contributed by atoms with E-state index in [4.69, 9.17) is 18.9 Å². The average molecular weight is 547 g/mol. The molecule has 38 heavy (non-hydrogen) atoms. The van der Waals surface area contributed by atoms with Gasteiger partial charge in [0.2, 0.25) is 0 Å². The highest BCUT2D eigenvalue weighted by molar-refractivity contribution is 7.99. The number of aromatic amines is 1. The van der Waals surface area contributed by atoms with Crippen LogP contribution >= 0.6 is 23.1 Å². The average Bonchev–Trinajstić information content (AvgIpc) is 3.72. The number of nitrogens with one attached hydrogen (secondary N) is 1. The van der Waals surface area contributed by atoms with Gasteiger partial charge in [-0.1, -0.05) is 11.8 Å². The fraction of sp³-hybridized carbons (Fsp3) is 0.357. The van der Waals surface area contributed by atoms with Crippen LogP contribution < -0.4 is 5.56 Å². The van der Waals surface area contributed by atoms with E-state index < -0.39 is 0 Å². The smallest absolute Gasteiger partial charge is 0.260 e. The van der Waals surface area contributed by atoms with Crippen molar-refractivity contribution >= 4 is 51.0 Å². The van der Waals surface area contributed by atoms with Crippen LogP contribution in [0.15, 0.2) is 66.3 Å². The molecule has 2 aliphatic carbocycles. The highest BCUT2D eigenvalue weighted by Gasteiger charge is 2.45. The molecule has 7 rings (SSSR count). The molecular weight excluding hydrogens is 520 g/mol. The first-order chi connectivity index (χ1) is 18.7. The molecule has 1 fully saturated rings. The SMILES string of the molecule is O=C(CSc1nc2sc3c(c2c(=O)[nH]1)CCCC3)N1N=C2/C(=C\c3ccco3)CCC[C@@H]2[C@@H]1c1ccco1. The third-order valence-corrected chi connectivity index (χ3v) is 9.63. The van der Waals surface area contributed by atoms with Gasteiger partial charge in [-0.3, -0.25) is 9.59 Å². The first-order valence-corrected chi connectivity index (χ1v) is 14.8. The lowest BCUT2D eigenvalue weighted by Crippen LogP contribution is -2.32. The van der Waals surface area contributed by atoms with Gasteiger partial charge in [-0.15, -0.1) is 11.3 Å². The van der Waals surface area contributed by atoms with Gasteiger partial charge < -0.3 is 13.8 Å². The van der Waals surface area contributed by atoms with Gasteiger partial charge in [-0.2, -0.15) is 5.10 Å². The molecule has 1 amide bonds. The van der Waals surface area contributed by atoms with Crippen molar-refractivity contribution in [3.05, 3.63) is 74.7 Å². The first kappa shape index (κ1) is 23.7. The molecule has 10 heteroatoms. The van der Waals surface area contributed by atoms with Gasteiger partial charge in [0.25, 0.3) is 11.5 Å². The maximum Gasteiger partial charge on any atom is 0.260 e. The second kappa shape index (κ2) is 9.74. The Morgan fingerprint density at radius 3 is 2.87 bits per heavy atom. The van der Waals surface area contributed by atoms with Crippen molar-refractivity contribution in [1.82, 2.24) is 15.0 Å². The number of hydrazone groups is 1. The van der Waals surface area contributed by atoms with E-state index in [1.165, 1.54) is 16.6 Å². The molecule has 0 aromatic carbocycles. The Labute approximate surface area is 226 Å². The number of thiophene rings is 1. The summed E-state index contributed by atoms with van der Waals surface area (Å²) in [5.41, 5.74) is 3.06. The van der Waals surface area contributed by atoms with E-state index in [1.807, 2.05) is 30.3 Å².